The van der Waals surface area contributed by atoms with Crippen molar-refractivity contribution in [1.29, 1.82) is 0 Å². The fraction of sp³-hybridized carbons (Fsp3) is 0.0588. The molecule has 3 aromatic rings. The van der Waals surface area contributed by atoms with Gasteiger partial charge in [-0.1, -0.05) is 36.4 Å². The van der Waals surface area contributed by atoms with Crippen LogP contribution in [-0.4, -0.2) is 12.2 Å². The lowest BCUT2D eigenvalue weighted by Gasteiger charge is -2.08. The average Bonchev–Trinajstić information content (AvgIpc) is 2.47. The number of benzene rings is 3. The summed E-state index contributed by atoms with van der Waals surface area (Å²) >= 11 is 0. The van der Waals surface area contributed by atoms with Crippen molar-refractivity contribution in [3.05, 3.63) is 60.7 Å². The van der Waals surface area contributed by atoms with Crippen molar-refractivity contribution >= 4 is 10.8 Å². The van der Waals surface area contributed by atoms with E-state index in [4.69, 9.17) is 4.74 Å². The van der Waals surface area contributed by atoms with Crippen LogP contribution in [0, 0.1) is 0 Å². The number of rotatable bonds is 2. The van der Waals surface area contributed by atoms with Crippen molar-refractivity contribution in [3.63, 3.8) is 0 Å². The van der Waals surface area contributed by atoms with Gasteiger partial charge >= 0.3 is 0 Å². The minimum absolute atomic E-state index is 0.260. The first-order chi connectivity index (χ1) is 9.28. The molecular weight excluding hydrogens is 236 g/mol. The van der Waals surface area contributed by atoms with Gasteiger partial charge in [0.15, 0.2) is 0 Å². The Morgan fingerprint density at radius 2 is 1.63 bits per heavy atom. The van der Waals surface area contributed by atoms with Gasteiger partial charge in [-0.3, -0.25) is 0 Å². The zero-order chi connectivity index (χ0) is 13.2. The minimum Gasteiger partial charge on any atom is -0.507 e. The molecule has 3 aromatic carbocycles. The monoisotopic (exact) mass is 250 g/mol. The van der Waals surface area contributed by atoms with Crippen molar-refractivity contribution < 1.29 is 9.84 Å². The Morgan fingerprint density at radius 1 is 0.842 bits per heavy atom. The third kappa shape index (κ3) is 2.13. The molecule has 94 valence electrons. The van der Waals surface area contributed by atoms with Gasteiger partial charge in [-0.25, -0.2) is 0 Å². The zero-order valence-electron chi connectivity index (χ0n) is 10.6. The number of ether oxygens (including phenoxy) is 1. The molecule has 0 heterocycles. The maximum Gasteiger partial charge on any atom is 0.123 e. The molecule has 1 N–H and O–H groups in total. The number of phenols is 1. The van der Waals surface area contributed by atoms with Gasteiger partial charge in [0, 0.05) is 5.56 Å². The fourth-order valence-electron chi connectivity index (χ4n) is 2.23. The molecular formula is C17H14O2. The van der Waals surface area contributed by atoms with Crippen LogP contribution in [-0.2, 0) is 0 Å². The Morgan fingerprint density at radius 3 is 2.42 bits per heavy atom. The predicted octanol–water partition coefficient (Wildman–Crippen LogP) is 4.22. The van der Waals surface area contributed by atoms with E-state index in [1.165, 1.54) is 5.39 Å². The topological polar surface area (TPSA) is 29.5 Å². The molecule has 0 aliphatic heterocycles. The van der Waals surface area contributed by atoms with Crippen molar-refractivity contribution in [3.8, 4) is 22.6 Å². The van der Waals surface area contributed by atoms with Gasteiger partial charge in [0.25, 0.3) is 0 Å². The Bertz CT molecular complexity index is 732. The van der Waals surface area contributed by atoms with Gasteiger partial charge in [-0.2, -0.15) is 0 Å². The zero-order valence-corrected chi connectivity index (χ0v) is 10.6. The smallest absolute Gasteiger partial charge is 0.123 e. The van der Waals surface area contributed by atoms with E-state index in [1.54, 1.807) is 19.2 Å². The highest BCUT2D eigenvalue weighted by atomic mass is 16.5. The third-order valence-corrected chi connectivity index (χ3v) is 3.26. The first-order valence-electron chi connectivity index (χ1n) is 6.14. The molecule has 0 spiro atoms. The molecule has 0 atom stereocenters. The second-order valence-corrected chi connectivity index (χ2v) is 4.45. The van der Waals surface area contributed by atoms with Crippen LogP contribution in [0.4, 0.5) is 0 Å². The van der Waals surface area contributed by atoms with Crippen molar-refractivity contribution in [2.45, 2.75) is 0 Å². The number of aromatic hydroxyl groups is 1. The van der Waals surface area contributed by atoms with Gasteiger partial charge in [-0.05, 0) is 40.6 Å². The van der Waals surface area contributed by atoms with E-state index in [9.17, 15) is 5.11 Å². The Labute approximate surface area is 111 Å². The lowest BCUT2D eigenvalue weighted by Crippen LogP contribution is -1.85. The first-order valence-corrected chi connectivity index (χ1v) is 6.14. The molecule has 0 saturated heterocycles. The standard InChI is InChI=1S/C17H14O2/c1-19-15-8-9-17(18)16(11-15)14-7-6-12-4-2-3-5-13(12)10-14/h2-11,18H,1H3. The van der Waals surface area contributed by atoms with E-state index < -0.39 is 0 Å². The Balaban J connectivity index is 2.18. The van der Waals surface area contributed by atoms with Crippen LogP contribution >= 0.6 is 0 Å². The summed E-state index contributed by atoms with van der Waals surface area (Å²) in [5.41, 5.74) is 1.76. The number of hydrogen-bond acceptors (Lipinski definition) is 2. The summed E-state index contributed by atoms with van der Waals surface area (Å²) in [6.45, 7) is 0. The summed E-state index contributed by atoms with van der Waals surface area (Å²) < 4.78 is 5.21. The largest absolute Gasteiger partial charge is 0.507 e. The highest BCUT2D eigenvalue weighted by molar-refractivity contribution is 5.88. The van der Waals surface area contributed by atoms with Crippen LogP contribution in [0.1, 0.15) is 0 Å². The molecule has 0 radical (unpaired) electrons. The molecule has 2 heteroatoms. The summed E-state index contributed by atoms with van der Waals surface area (Å²) in [4.78, 5) is 0. The van der Waals surface area contributed by atoms with E-state index in [1.807, 2.05) is 24.3 Å². The van der Waals surface area contributed by atoms with Crippen LogP contribution in [0.2, 0.25) is 0 Å². The molecule has 0 fully saturated rings. The third-order valence-electron chi connectivity index (χ3n) is 3.26. The maximum absolute atomic E-state index is 10.0. The molecule has 0 unspecified atom stereocenters. The van der Waals surface area contributed by atoms with Gasteiger partial charge in [-0.15, -0.1) is 0 Å². The van der Waals surface area contributed by atoms with Crippen LogP contribution in [0.5, 0.6) is 11.5 Å². The van der Waals surface area contributed by atoms with Gasteiger partial charge in [0.2, 0.25) is 0 Å². The van der Waals surface area contributed by atoms with Gasteiger partial charge in [0.1, 0.15) is 11.5 Å². The van der Waals surface area contributed by atoms with E-state index in [-0.39, 0.29) is 5.75 Å². The Kier molecular flexibility index (Phi) is 2.84. The van der Waals surface area contributed by atoms with Crippen molar-refractivity contribution in [1.82, 2.24) is 0 Å². The molecule has 19 heavy (non-hydrogen) atoms. The van der Waals surface area contributed by atoms with E-state index >= 15 is 0 Å². The van der Waals surface area contributed by atoms with Gasteiger partial charge in [0.05, 0.1) is 7.11 Å². The predicted molar refractivity (Wildman–Crippen MR) is 77.6 cm³/mol. The summed E-state index contributed by atoms with van der Waals surface area (Å²) in [5.74, 6) is 0.997. The number of phenolic OH excluding ortho intramolecular Hbond substituents is 1. The van der Waals surface area contributed by atoms with Crippen LogP contribution in [0.3, 0.4) is 0 Å². The average molecular weight is 250 g/mol. The number of methoxy groups -OCH3 is 1. The SMILES string of the molecule is COc1ccc(O)c(-c2ccc3ccccc3c2)c1. The van der Waals surface area contributed by atoms with Gasteiger partial charge < -0.3 is 9.84 Å². The maximum atomic E-state index is 10.0. The minimum atomic E-state index is 0.260. The Hall–Kier alpha value is -2.48. The molecule has 0 aliphatic carbocycles. The molecule has 0 aliphatic rings. The lowest BCUT2D eigenvalue weighted by molar-refractivity contribution is 0.412. The molecule has 2 nitrogen and oxygen atoms in total. The molecule has 0 aromatic heterocycles. The summed E-state index contributed by atoms with van der Waals surface area (Å²) in [7, 11) is 1.62. The number of fused-ring (bicyclic) bond motifs is 1. The second-order valence-electron chi connectivity index (χ2n) is 4.45. The second kappa shape index (κ2) is 4.65. The highest BCUT2D eigenvalue weighted by Gasteiger charge is 2.06. The summed E-state index contributed by atoms with van der Waals surface area (Å²) in [6, 6.07) is 19.6. The fourth-order valence-corrected chi connectivity index (χ4v) is 2.23. The van der Waals surface area contributed by atoms with E-state index in [0.717, 1.165) is 22.3 Å². The first kappa shape index (κ1) is 11.6. The normalized spacial score (nSPS) is 10.6. The lowest BCUT2D eigenvalue weighted by atomic mass is 10.0. The molecule has 0 bridgehead atoms. The van der Waals surface area contributed by atoms with Crippen LogP contribution < -0.4 is 4.74 Å². The van der Waals surface area contributed by atoms with Crippen LogP contribution in [0.25, 0.3) is 21.9 Å². The van der Waals surface area contributed by atoms with E-state index in [2.05, 4.69) is 24.3 Å². The van der Waals surface area contributed by atoms with Crippen molar-refractivity contribution in [2.75, 3.05) is 7.11 Å². The molecule has 3 rings (SSSR count). The highest BCUT2D eigenvalue weighted by Crippen LogP contribution is 2.34. The van der Waals surface area contributed by atoms with Crippen LogP contribution in [0.15, 0.2) is 60.7 Å². The summed E-state index contributed by atoms with van der Waals surface area (Å²) in [6.07, 6.45) is 0. The molecule has 0 amide bonds. The quantitative estimate of drug-likeness (QED) is 0.737. The number of hydrogen-bond donors (Lipinski definition) is 1. The van der Waals surface area contributed by atoms with Crippen molar-refractivity contribution in [2.24, 2.45) is 0 Å². The van der Waals surface area contributed by atoms with E-state index in [0.29, 0.717) is 0 Å². The summed E-state index contributed by atoms with van der Waals surface area (Å²) in [5, 5.41) is 12.3. The molecule has 0 saturated carbocycles.